The van der Waals surface area contributed by atoms with E-state index < -0.39 is 5.97 Å². The first-order chi connectivity index (χ1) is 14.1. The third-order valence-corrected chi connectivity index (χ3v) is 6.27. The fourth-order valence-electron chi connectivity index (χ4n) is 4.35. The quantitative estimate of drug-likeness (QED) is 0.756. The van der Waals surface area contributed by atoms with Crippen LogP contribution >= 0.6 is 0 Å². The second-order valence-corrected chi connectivity index (χ2v) is 8.28. The van der Waals surface area contributed by atoms with E-state index >= 15 is 0 Å². The predicted octanol–water partition coefficient (Wildman–Crippen LogP) is 3.61. The van der Waals surface area contributed by atoms with Gasteiger partial charge in [-0.25, -0.2) is 4.79 Å². The summed E-state index contributed by atoms with van der Waals surface area (Å²) in [6.45, 7) is 3.83. The van der Waals surface area contributed by atoms with Crippen molar-refractivity contribution in [2.45, 2.75) is 37.8 Å². The number of benzene rings is 2. The van der Waals surface area contributed by atoms with Crippen molar-refractivity contribution in [1.29, 1.82) is 5.26 Å². The zero-order valence-corrected chi connectivity index (χ0v) is 16.6. The molecule has 5 heteroatoms. The third kappa shape index (κ3) is 4.84. The maximum absolute atomic E-state index is 11.1. The van der Waals surface area contributed by atoms with Crippen molar-refractivity contribution in [3.8, 4) is 6.07 Å². The molecule has 0 radical (unpaired) electrons. The lowest BCUT2D eigenvalue weighted by atomic mass is 9.95. The Bertz CT molecular complexity index is 898. The summed E-state index contributed by atoms with van der Waals surface area (Å²) < 4.78 is 0. The van der Waals surface area contributed by atoms with Crippen LogP contribution in [0, 0.1) is 17.2 Å². The minimum absolute atomic E-state index is 0.170. The topological polar surface area (TPSA) is 76.4 Å². The van der Waals surface area contributed by atoms with Crippen molar-refractivity contribution in [2.24, 2.45) is 5.92 Å². The van der Waals surface area contributed by atoms with E-state index in [0.717, 1.165) is 38.0 Å². The van der Waals surface area contributed by atoms with Gasteiger partial charge < -0.3 is 10.4 Å². The minimum Gasteiger partial charge on any atom is -0.478 e. The zero-order chi connectivity index (χ0) is 20.2. The molecule has 1 aliphatic heterocycles. The van der Waals surface area contributed by atoms with E-state index in [-0.39, 0.29) is 5.56 Å². The van der Waals surface area contributed by atoms with Crippen LogP contribution in [0.4, 0.5) is 0 Å². The van der Waals surface area contributed by atoms with Gasteiger partial charge in [-0.2, -0.15) is 5.26 Å². The van der Waals surface area contributed by atoms with Gasteiger partial charge in [0, 0.05) is 18.5 Å². The molecule has 150 valence electrons. The maximum Gasteiger partial charge on any atom is 0.335 e. The molecule has 1 heterocycles. The van der Waals surface area contributed by atoms with Crippen LogP contribution in [0.5, 0.6) is 0 Å². The van der Waals surface area contributed by atoms with Crippen LogP contribution in [0.1, 0.15) is 52.2 Å². The highest BCUT2D eigenvalue weighted by atomic mass is 16.4. The SMILES string of the molecule is N#Cc1cc(C(=O)O)ccc1CN1CCC(CN[C@@H]2C[C@H]2c2ccccc2)CC1. The highest BCUT2D eigenvalue weighted by molar-refractivity contribution is 5.88. The molecule has 0 bridgehead atoms. The summed E-state index contributed by atoms with van der Waals surface area (Å²) in [6, 6.07) is 18.4. The first-order valence-electron chi connectivity index (χ1n) is 10.4. The lowest BCUT2D eigenvalue weighted by Gasteiger charge is -2.32. The molecule has 2 aromatic rings. The molecule has 29 heavy (non-hydrogen) atoms. The van der Waals surface area contributed by atoms with Crippen molar-refractivity contribution < 1.29 is 9.90 Å². The summed E-state index contributed by atoms with van der Waals surface area (Å²) in [7, 11) is 0. The maximum atomic E-state index is 11.1. The number of nitriles is 1. The number of carboxylic acid groups (broad SMARTS) is 1. The number of carboxylic acids is 1. The molecule has 2 aromatic carbocycles. The first-order valence-corrected chi connectivity index (χ1v) is 10.4. The summed E-state index contributed by atoms with van der Waals surface area (Å²) in [4.78, 5) is 13.5. The Labute approximate surface area is 172 Å². The van der Waals surface area contributed by atoms with E-state index in [9.17, 15) is 10.1 Å². The van der Waals surface area contributed by atoms with Gasteiger partial charge in [0.1, 0.15) is 0 Å². The summed E-state index contributed by atoms with van der Waals surface area (Å²) in [5, 5.41) is 22.2. The number of piperidine rings is 1. The van der Waals surface area contributed by atoms with Crippen LogP contribution in [-0.2, 0) is 6.54 Å². The van der Waals surface area contributed by atoms with Gasteiger partial charge in [-0.1, -0.05) is 36.4 Å². The molecule has 1 saturated carbocycles. The summed E-state index contributed by atoms with van der Waals surface area (Å²) >= 11 is 0. The van der Waals surface area contributed by atoms with Crippen molar-refractivity contribution in [2.75, 3.05) is 19.6 Å². The highest BCUT2D eigenvalue weighted by Crippen LogP contribution is 2.40. The number of rotatable bonds is 7. The molecule has 2 aliphatic rings. The number of carbonyl (C=O) groups is 1. The number of aromatic carboxylic acids is 1. The second kappa shape index (κ2) is 8.77. The monoisotopic (exact) mass is 389 g/mol. The van der Waals surface area contributed by atoms with Crippen molar-refractivity contribution in [3.05, 3.63) is 70.8 Å². The standard InChI is InChI=1S/C24H27N3O2/c25-14-21-12-19(24(28)29)6-7-20(21)16-27-10-8-17(9-11-27)15-26-23-13-22(23)18-4-2-1-3-5-18/h1-7,12,17,22-23,26H,8-11,13,15-16H2,(H,28,29)/t22-,23+/m0/s1. The molecule has 2 N–H and O–H groups in total. The van der Waals surface area contributed by atoms with Gasteiger partial charge in [-0.3, -0.25) is 4.90 Å². The highest BCUT2D eigenvalue weighted by Gasteiger charge is 2.38. The van der Waals surface area contributed by atoms with Gasteiger partial charge >= 0.3 is 5.97 Å². The lowest BCUT2D eigenvalue weighted by molar-refractivity contribution is 0.0697. The lowest BCUT2D eigenvalue weighted by Crippen LogP contribution is -2.37. The van der Waals surface area contributed by atoms with Crippen LogP contribution in [0.2, 0.25) is 0 Å². The number of hydrogen-bond donors (Lipinski definition) is 2. The van der Waals surface area contributed by atoms with Crippen LogP contribution in [0.3, 0.4) is 0 Å². The predicted molar refractivity (Wildman–Crippen MR) is 112 cm³/mol. The van der Waals surface area contributed by atoms with E-state index in [1.807, 2.05) is 0 Å². The van der Waals surface area contributed by atoms with E-state index in [0.29, 0.717) is 30.0 Å². The van der Waals surface area contributed by atoms with Gasteiger partial charge in [-0.05, 0) is 68.1 Å². The van der Waals surface area contributed by atoms with Crippen molar-refractivity contribution in [1.82, 2.24) is 10.2 Å². The largest absolute Gasteiger partial charge is 0.478 e. The molecular weight excluding hydrogens is 362 g/mol. The van der Waals surface area contributed by atoms with Crippen molar-refractivity contribution in [3.63, 3.8) is 0 Å². The Morgan fingerprint density at radius 1 is 1.17 bits per heavy atom. The molecule has 2 atom stereocenters. The first kappa shape index (κ1) is 19.6. The zero-order valence-electron chi connectivity index (χ0n) is 16.6. The fraction of sp³-hybridized carbons (Fsp3) is 0.417. The Morgan fingerprint density at radius 3 is 2.62 bits per heavy atom. The molecule has 0 aromatic heterocycles. The second-order valence-electron chi connectivity index (χ2n) is 8.28. The Kier molecular flexibility index (Phi) is 5.94. The Morgan fingerprint density at radius 2 is 1.93 bits per heavy atom. The Hall–Kier alpha value is -2.68. The average Bonchev–Trinajstić information content (AvgIpc) is 3.54. The summed E-state index contributed by atoms with van der Waals surface area (Å²) in [5.74, 6) is 0.383. The molecule has 0 amide bonds. The smallest absolute Gasteiger partial charge is 0.335 e. The van der Waals surface area contributed by atoms with E-state index in [1.54, 1.807) is 12.1 Å². The van der Waals surface area contributed by atoms with Gasteiger partial charge in [-0.15, -0.1) is 0 Å². The van der Waals surface area contributed by atoms with Crippen LogP contribution in [-0.4, -0.2) is 41.7 Å². The number of nitrogens with one attached hydrogen (secondary N) is 1. The normalized spacial score (nSPS) is 22.2. The molecule has 0 unspecified atom stereocenters. The summed E-state index contributed by atoms with van der Waals surface area (Å²) in [6.07, 6.45) is 3.56. The van der Waals surface area contributed by atoms with Crippen LogP contribution < -0.4 is 5.32 Å². The van der Waals surface area contributed by atoms with Gasteiger partial charge in [0.2, 0.25) is 0 Å². The van der Waals surface area contributed by atoms with Crippen LogP contribution in [0.25, 0.3) is 0 Å². The molecule has 4 rings (SSSR count). The van der Waals surface area contributed by atoms with E-state index in [2.05, 4.69) is 46.6 Å². The van der Waals surface area contributed by atoms with Crippen LogP contribution in [0.15, 0.2) is 48.5 Å². The third-order valence-electron chi connectivity index (χ3n) is 6.27. The van der Waals surface area contributed by atoms with Gasteiger partial charge in [0.15, 0.2) is 0 Å². The fourth-order valence-corrected chi connectivity index (χ4v) is 4.35. The molecule has 1 aliphatic carbocycles. The number of nitrogens with zero attached hydrogens (tertiary/aromatic N) is 2. The van der Waals surface area contributed by atoms with Crippen molar-refractivity contribution >= 4 is 5.97 Å². The van der Waals surface area contributed by atoms with Gasteiger partial charge in [0.05, 0.1) is 17.2 Å². The number of likely N-dealkylation sites (tertiary alicyclic amines) is 1. The molecular formula is C24H27N3O2. The Balaban J connectivity index is 1.22. The molecule has 2 fully saturated rings. The average molecular weight is 389 g/mol. The minimum atomic E-state index is -0.994. The molecule has 5 nitrogen and oxygen atoms in total. The van der Waals surface area contributed by atoms with E-state index in [1.165, 1.54) is 18.1 Å². The molecule has 0 spiro atoms. The summed E-state index contributed by atoms with van der Waals surface area (Å²) in [5.41, 5.74) is 3.00. The number of hydrogen-bond acceptors (Lipinski definition) is 4. The van der Waals surface area contributed by atoms with Gasteiger partial charge in [0.25, 0.3) is 0 Å². The van der Waals surface area contributed by atoms with E-state index in [4.69, 9.17) is 5.11 Å². The molecule has 1 saturated heterocycles.